The first-order valence-electron chi connectivity index (χ1n) is 8.65. The van der Waals surface area contributed by atoms with Crippen LogP contribution >= 0.6 is 0 Å². The summed E-state index contributed by atoms with van der Waals surface area (Å²) in [6.07, 6.45) is 6.94. The summed E-state index contributed by atoms with van der Waals surface area (Å²) >= 11 is 0. The molecule has 138 valence electrons. The minimum atomic E-state index is -0.142. The molecule has 1 aliphatic heterocycles. The lowest BCUT2D eigenvalue weighted by molar-refractivity contribution is 0.288. The number of aromatic nitrogens is 2. The van der Waals surface area contributed by atoms with E-state index in [-0.39, 0.29) is 12.2 Å². The molecule has 0 atom stereocenters. The van der Waals surface area contributed by atoms with Gasteiger partial charge in [0.1, 0.15) is 0 Å². The molecule has 1 aromatic heterocycles. The van der Waals surface area contributed by atoms with Gasteiger partial charge in [-0.25, -0.2) is 10.8 Å². The first-order valence-corrected chi connectivity index (χ1v) is 8.65. The van der Waals surface area contributed by atoms with E-state index in [0.717, 1.165) is 36.6 Å². The van der Waals surface area contributed by atoms with Crippen LogP contribution in [0.15, 0.2) is 47.7 Å². The summed E-state index contributed by atoms with van der Waals surface area (Å²) in [5.41, 5.74) is 7.48. The van der Waals surface area contributed by atoms with Crippen molar-refractivity contribution in [3.8, 4) is 5.69 Å². The van der Waals surface area contributed by atoms with Gasteiger partial charge in [-0.1, -0.05) is 0 Å². The molecular formula is C18H24N6O2. The number of benzene rings is 1. The smallest absolute Gasteiger partial charge is 0.298 e. The van der Waals surface area contributed by atoms with Crippen molar-refractivity contribution < 1.29 is 5.11 Å². The second-order valence-electron chi connectivity index (χ2n) is 6.16. The lowest BCUT2D eigenvalue weighted by Crippen LogP contribution is -2.42. The predicted molar refractivity (Wildman–Crippen MR) is 102 cm³/mol. The van der Waals surface area contributed by atoms with Crippen molar-refractivity contribution in [2.45, 2.75) is 19.3 Å². The molecule has 1 saturated heterocycles. The average Bonchev–Trinajstić information content (AvgIpc) is 2.61. The molecule has 3 rings (SSSR count). The van der Waals surface area contributed by atoms with E-state index in [9.17, 15) is 4.79 Å². The summed E-state index contributed by atoms with van der Waals surface area (Å²) in [4.78, 5) is 19.4. The van der Waals surface area contributed by atoms with Crippen LogP contribution in [0.5, 0.6) is 0 Å². The van der Waals surface area contributed by atoms with Gasteiger partial charge < -0.3 is 15.7 Å². The summed E-state index contributed by atoms with van der Waals surface area (Å²) in [7, 11) is 0. The number of nitrogens with zero attached hydrogens (tertiary/aromatic N) is 4. The third-order valence-electron chi connectivity index (χ3n) is 4.36. The molecule has 0 spiro atoms. The number of aryl methyl sites for hydroxylation is 1. The molecule has 8 nitrogen and oxygen atoms in total. The predicted octanol–water partition coefficient (Wildman–Crippen LogP) is 0.477. The van der Waals surface area contributed by atoms with Crippen molar-refractivity contribution >= 4 is 11.5 Å². The normalized spacial score (nSPS) is 13.8. The zero-order chi connectivity index (χ0) is 18.5. The van der Waals surface area contributed by atoms with Crippen LogP contribution in [0.4, 0.5) is 11.5 Å². The second-order valence-corrected chi connectivity index (χ2v) is 6.16. The van der Waals surface area contributed by atoms with Gasteiger partial charge in [0.2, 0.25) is 0 Å². The molecule has 26 heavy (non-hydrogen) atoms. The zero-order valence-corrected chi connectivity index (χ0v) is 14.6. The van der Waals surface area contributed by atoms with Crippen LogP contribution in [-0.2, 0) is 6.42 Å². The van der Waals surface area contributed by atoms with Crippen molar-refractivity contribution in [1.82, 2.24) is 9.55 Å². The molecule has 0 amide bonds. The molecule has 0 bridgehead atoms. The molecule has 1 aromatic carbocycles. The first kappa shape index (κ1) is 18.0. The summed E-state index contributed by atoms with van der Waals surface area (Å²) in [6.45, 7) is 1.78. The van der Waals surface area contributed by atoms with Crippen LogP contribution in [-0.4, -0.2) is 34.4 Å². The van der Waals surface area contributed by atoms with Gasteiger partial charge in [-0.05, 0) is 43.5 Å². The van der Waals surface area contributed by atoms with Gasteiger partial charge in [0, 0.05) is 44.0 Å². The topological polar surface area (TPSA) is 114 Å². The van der Waals surface area contributed by atoms with E-state index in [1.54, 1.807) is 17.0 Å². The van der Waals surface area contributed by atoms with E-state index >= 15 is 0 Å². The molecule has 5 N–H and O–H groups in total. The van der Waals surface area contributed by atoms with Crippen LogP contribution in [0.25, 0.3) is 5.69 Å². The quantitative estimate of drug-likeness (QED) is 0.488. The van der Waals surface area contributed by atoms with Crippen LogP contribution in [0.1, 0.15) is 18.5 Å². The van der Waals surface area contributed by atoms with Crippen molar-refractivity contribution in [1.29, 1.82) is 0 Å². The number of aliphatic hydroxyl groups is 1. The van der Waals surface area contributed by atoms with Gasteiger partial charge in [0.25, 0.3) is 5.56 Å². The highest BCUT2D eigenvalue weighted by atomic mass is 16.2. The lowest BCUT2D eigenvalue weighted by Gasteiger charge is -2.31. The maximum atomic E-state index is 12.9. The Kier molecular flexibility index (Phi) is 5.55. The van der Waals surface area contributed by atoms with Gasteiger partial charge in [-0.3, -0.25) is 14.4 Å². The number of anilines is 2. The highest BCUT2D eigenvalue weighted by Gasteiger charge is 2.21. The molecule has 0 radical (unpaired) electrons. The Morgan fingerprint density at radius 2 is 2.00 bits per heavy atom. The SMILES string of the molecule is N/C=C\N(N)c1ccc(-n2cc(CCCO)nc(N3CCC3)c2=O)cc1. The molecule has 2 heterocycles. The van der Waals surface area contributed by atoms with E-state index < -0.39 is 0 Å². The van der Waals surface area contributed by atoms with Crippen molar-refractivity contribution in [3.05, 3.63) is 58.9 Å². The molecule has 2 aromatic rings. The van der Waals surface area contributed by atoms with E-state index in [2.05, 4.69) is 4.98 Å². The molecular weight excluding hydrogens is 332 g/mol. The maximum absolute atomic E-state index is 12.9. The Morgan fingerprint density at radius 3 is 2.58 bits per heavy atom. The van der Waals surface area contributed by atoms with E-state index in [0.29, 0.717) is 18.7 Å². The third-order valence-corrected chi connectivity index (χ3v) is 4.36. The Labute approximate surface area is 151 Å². The monoisotopic (exact) mass is 356 g/mol. The average molecular weight is 356 g/mol. The molecule has 0 aliphatic carbocycles. The number of hydrazine groups is 1. The summed E-state index contributed by atoms with van der Waals surface area (Å²) in [5.74, 6) is 6.32. The molecule has 1 fully saturated rings. The first-order chi connectivity index (χ1) is 12.6. The lowest BCUT2D eigenvalue weighted by atomic mass is 10.2. The third kappa shape index (κ3) is 3.71. The number of hydrogen-bond donors (Lipinski definition) is 3. The highest BCUT2D eigenvalue weighted by molar-refractivity contribution is 5.52. The number of hydrogen-bond acceptors (Lipinski definition) is 7. The van der Waals surface area contributed by atoms with E-state index in [1.165, 1.54) is 11.2 Å². The van der Waals surface area contributed by atoms with Crippen molar-refractivity contribution in [2.24, 2.45) is 11.6 Å². The van der Waals surface area contributed by atoms with Gasteiger partial charge in [0.15, 0.2) is 5.82 Å². The Hall–Kier alpha value is -2.84. The summed E-state index contributed by atoms with van der Waals surface area (Å²) < 4.78 is 1.61. The van der Waals surface area contributed by atoms with Crippen LogP contribution in [0.3, 0.4) is 0 Å². The molecule has 8 heteroatoms. The van der Waals surface area contributed by atoms with Crippen LogP contribution in [0.2, 0.25) is 0 Å². The van der Waals surface area contributed by atoms with Crippen molar-refractivity contribution in [3.63, 3.8) is 0 Å². The minimum absolute atomic E-state index is 0.0928. The second kappa shape index (κ2) is 8.03. The van der Waals surface area contributed by atoms with E-state index in [1.807, 2.05) is 29.2 Å². The van der Waals surface area contributed by atoms with Crippen molar-refractivity contribution in [2.75, 3.05) is 29.6 Å². The van der Waals surface area contributed by atoms with Gasteiger partial charge >= 0.3 is 0 Å². The summed E-state index contributed by atoms with van der Waals surface area (Å²) in [5, 5.41) is 10.5. The highest BCUT2D eigenvalue weighted by Crippen LogP contribution is 2.19. The Balaban J connectivity index is 1.98. The number of nitrogens with two attached hydrogens (primary N) is 2. The Morgan fingerprint density at radius 1 is 1.27 bits per heavy atom. The summed E-state index contributed by atoms with van der Waals surface area (Å²) in [6, 6.07) is 7.30. The van der Waals surface area contributed by atoms with Gasteiger partial charge in [-0.2, -0.15) is 0 Å². The maximum Gasteiger partial charge on any atom is 0.298 e. The molecule has 0 saturated carbocycles. The fraction of sp³-hybridized carbons (Fsp3) is 0.333. The fourth-order valence-electron chi connectivity index (χ4n) is 2.80. The largest absolute Gasteiger partial charge is 0.403 e. The minimum Gasteiger partial charge on any atom is -0.403 e. The number of rotatable bonds is 7. The van der Waals surface area contributed by atoms with Gasteiger partial charge in [0.05, 0.1) is 11.4 Å². The fourth-order valence-corrected chi connectivity index (χ4v) is 2.80. The molecule has 1 aliphatic rings. The molecule has 0 unspecified atom stereocenters. The van der Waals surface area contributed by atoms with Crippen LogP contribution < -0.4 is 27.0 Å². The van der Waals surface area contributed by atoms with Gasteiger partial charge in [-0.15, -0.1) is 0 Å². The Bertz CT molecular complexity index is 827. The van der Waals surface area contributed by atoms with E-state index in [4.69, 9.17) is 16.7 Å². The zero-order valence-electron chi connectivity index (χ0n) is 14.6. The van der Waals surface area contributed by atoms with Crippen LogP contribution in [0, 0.1) is 0 Å². The number of aliphatic hydroxyl groups excluding tert-OH is 1. The standard InChI is InChI=1S/C18H24N6O2/c19-8-11-24(20)16-6-4-15(5-7-16)23-13-14(3-1-12-25)21-17(18(23)26)22-9-2-10-22/h4-8,11,13,25H,1-3,9-10,12,19-20H2/b11-8-.